The fourth-order valence-electron chi connectivity index (χ4n) is 4.89. The van der Waals surface area contributed by atoms with Crippen LogP contribution in [-0.2, 0) is 0 Å². The zero-order chi connectivity index (χ0) is 26.8. The van der Waals surface area contributed by atoms with E-state index in [1.807, 2.05) is 43.3 Å². The van der Waals surface area contributed by atoms with Crippen LogP contribution in [0.1, 0.15) is 41.8 Å². The molecule has 4 aromatic rings. The van der Waals surface area contributed by atoms with Gasteiger partial charge in [-0.15, -0.1) is 0 Å². The molecule has 2 N–H and O–H groups in total. The molecule has 0 bridgehead atoms. The number of aryl methyl sites for hydroxylation is 1. The van der Waals surface area contributed by atoms with Gasteiger partial charge in [0.15, 0.2) is 5.76 Å². The summed E-state index contributed by atoms with van der Waals surface area (Å²) < 4.78 is 5.72. The topological polar surface area (TPSA) is 126 Å². The van der Waals surface area contributed by atoms with Gasteiger partial charge >= 0.3 is 0 Å². The summed E-state index contributed by atoms with van der Waals surface area (Å²) in [4.78, 5) is 35.3. The SMILES string of the molecule is Cc1ccc(-c2ccc(C(=O)NC3CCC(Nc4nc(N(C)C)c5ccccc5n4)CC3)o2)c([N+](=O)[O-])c1. The van der Waals surface area contributed by atoms with Crippen LogP contribution < -0.4 is 15.5 Å². The Morgan fingerprint density at radius 1 is 1.03 bits per heavy atom. The number of benzene rings is 2. The molecule has 196 valence electrons. The number of nitrogens with zero attached hydrogens (tertiary/aromatic N) is 4. The second-order valence-corrected chi connectivity index (χ2v) is 9.89. The van der Waals surface area contributed by atoms with Crippen molar-refractivity contribution in [2.45, 2.75) is 44.7 Å². The number of carbonyl (C=O) groups excluding carboxylic acids is 1. The van der Waals surface area contributed by atoms with Crippen molar-refractivity contribution >= 4 is 34.3 Å². The van der Waals surface area contributed by atoms with E-state index >= 15 is 0 Å². The maximum absolute atomic E-state index is 12.8. The molecule has 5 rings (SSSR count). The van der Waals surface area contributed by atoms with Crippen molar-refractivity contribution in [1.82, 2.24) is 15.3 Å². The lowest BCUT2D eigenvalue weighted by molar-refractivity contribution is -0.384. The van der Waals surface area contributed by atoms with Gasteiger partial charge in [-0.05, 0) is 68.5 Å². The first kappa shape index (κ1) is 25.2. The van der Waals surface area contributed by atoms with Gasteiger partial charge in [0.2, 0.25) is 5.95 Å². The second kappa shape index (κ2) is 10.5. The first-order chi connectivity index (χ1) is 18.3. The van der Waals surface area contributed by atoms with Crippen molar-refractivity contribution in [1.29, 1.82) is 0 Å². The Bertz CT molecular complexity index is 1490. The molecule has 0 spiro atoms. The molecule has 0 aliphatic heterocycles. The molecule has 0 saturated heterocycles. The lowest BCUT2D eigenvalue weighted by atomic mass is 9.91. The number of furan rings is 1. The zero-order valence-electron chi connectivity index (χ0n) is 21.6. The predicted octanol–water partition coefficient (Wildman–Crippen LogP) is 5.33. The van der Waals surface area contributed by atoms with Gasteiger partial charge in [0.05, 0.1) is 16.0 Å². The Hall–Kier alpha value is -4.47. The number of rotatable bonds is 7. The molecule has 10 nitrogen and oxygen atoms in total. The van der Waals surface area contributed by atoms with Gasteiger partial charge < -0.3 is 20.0 Å². The Morgan fingerprint density at radius 2 is 1.76 bits per heavy atom. The van der Waals surface area contributed by atoms with E-state index in [4.69, 9.17) is 14.4 Å². The van der Waals surface area contributed by atoms with E-state index in [1.54, 1.807) is 31.2 Å². The van der Waals surface area contributed by atoms with Crippen molar-refractivity contribution < 1.29 is 14.1 Å². The molecule has 1 aliphatic carbocycles. The molecule has 1 saturated carbocycles. The number of anilines is 2. The fourth-order valence-corrected chi connectivity index (χ4v) is 4.89. The number of hydrogen-bond acceptors (Lipinski definition) is 8. The van der Waals surface area contributed by atoms with Crippen LogP contribution in [-0.4, -0.2) is 47.0 Å². The average molecular weight is 515 g/mol. The molecule has 2 heterocycles. The van der Waals surface area contributed by atoms with Crippen molar-refractivity contribution in [2.75, 3.05) is 24.3 Å². The van der Waals surface area contributed by atoms with Crippen molar-refractivity contribution in [2.24, 2.45) is 0 Å². The van der Waals surface area contributed by atoms with Crippen LogP contribution in [0.15, 0.2) is 59.0 Å². The molecule has 1 amide bonds. The molecule has 0 radical (unpaired) electrons. The Morgan fingerprint density at radius 3 is 2.50 bits per heavy atom. The highest BCUT2D eigenvalue weighted by atomic mass is 16.6. The monoisotopic (exact) mass is 514 g/mol. The van der Waals surface area contributed by atoms with Crippen LogP contribution in [0, 0.1) is 17.0 Å². The van der Waals surface area contributed by atoms with E-state index in [0.717, 1.165) is 48.0 Å². The molecule has 10 heteroatoms. The summed E-state index contributed by atoms with van der Waals surface area (Å²) in [5.74, 6) is 1.58. The van der Waals surface area contributed by atoms with Crippen LogP contribution in [0.3, 0.4) is 0 Å². The van der Waals surface area contributed by atoms with Gasteiger partial charge in [-0.2, -0.15) is 4.98 Å². The van der Waals surface area contributed by atoms with E-state index in [2.05, 4.69) is 10.6 Å². The fraction of sp³-hybridized carbons (Fsp3) is 0.321. The first-order valence-electron chi connectivity index (χ1n) is 12.6. The number of nitrogens with one attached hydrogen (secondary N) is 2. The van der Waals surface area contributed by atoms with Crippen molar-refractivity contribution in [3.05, 3.63) is 76.0 Å². The summed E-state index contributed by atoms with van der Waals surface area (Å²) in [5, 5.41) is 19.0. The van der Waals surface area contributed by atoms with E-state index in [-0.39, 0.29) is 29.4 Å². The predicted molar refractivity (Wildman–Crippen MR) is 147 cm³/mol. The zero-order valence-corrected chi connectivity index (χ0v) is 21.6. The highest BCUT2D eigenvalue weighted by Crippen LogP contribution is 2.32. The van der Waals surface area contributed by atoms with Crippen molar-refractivity contribution in [3.63, 3.8) is 0 Å². The number of hydrogen-bond donors (Lipinski definition) is 2. The van der Waals surface area contributed by atoms with Crippen LogP contribution in [0.2, 0.25) is 0 Å². The minimum absolute atomic E-state index is 0.0117. The normalized spacial score (nSPS) is 17.2. The summed E-state index contributed by atoms with van der Waals surface area (Å²) in [6, 6.07) is 16.2. The van der Waals surface area contributed by atoms with E-state index in [1.165, 1.54) is 6.07 Å². The van der Waals surface area contributed by atoms with Gasteiger partial charge in [-0.3, -0.25) is 14.9 Å². The number of para-hydroxylation sites is 1. The Kier molecular flexibility index (Phi) is 6.95. The Balaban J connectivity index is 1.20. The number of nitro benzene ring substituents is 1. The van der Waals surface area contributed by atoms with Crippen LogP contribution in [0.25, 0.3) is 22.2 Å². The molecule has 1 aliphatic rings. The number of carbonyl (C=O) groups is 1. The summed E-state index contributed by atoms with van der Waals surface area (Å²) >= 11 is 0. The number of amides is 1. The Labute approximate surface area is 220 Å². The molecule has 0 unspecified atom stereocenters. The lowest BCUT2D eigenvalue weighted by Crippen LogP contribution is -2.40. The molecule has 2 aromatic heterocycles. The van der Waals surface area contributed by atoms with Crippen LogP contribution in [0.4, 0.5) is 17.5 Å². The van der Waals surface area contributed by atoms with Crippen LogP contribution >= 0.6 is 0 Å². The summed E-state index contributed by atoms with van der Waals surface area (Å²) in [6.45, 7) is 1.79. The first-order valence-corrected chi connectivity index (χ1v) is 12.6. The summed E-state index contributed by atoms with van der Waals surface area (Å²) in [7, 11) is 3.94. The van der Waals surface area contributed by atoms with E-state index < -0.39 is 4.92 Å². The molecule has 38 heavy (non-hydrogen) atoms. The summed E-state index contributed by atoms with van der Waals surface area (Å²) in [6.07, 6.45) is 3.32. The third kappa shape index (κ3) is 5.29. The quantitative estimate of drug-likeness (QED) is 0.250. The third-order valence-electron chi connectivity index (χ3n) is 6.85. The second-order valence-electron chi connectivity index (χ2n) is 9.89. The van der Waals surface area contributed by atoms with E-state index in [9.17, 15) is 14.9 Å². The summed E-state index contributed by atoms with van der Waals surface area (Å²) in [5.41, 5.74) is 1.97. The smallest absolute Gasteiger partial charge is 0.287 e. The van der Waals surface area contributed by atoms with Gasteiger partial charge in [0.25, 0.3) is 11.6 Å². The third-order valence-corrected chi connectivity index (χ3v) is 6.85. The highest BCUT2D eigenvalue weighted by Gasteiger charge is 2.26. The van der Waals surface area contributed by atoms with Gasteiger partial charge in [-0.1, -0.05) is 18.2 Å². The standard InChI is InChI=1S/C28H30N6O4/c1-17-8-13-21(23(16-17)34(36)37)24-14-15-25(38-24)27(35)29-18-9-11-19(12-10-18)30-28-31-22-7-5-4-6-20(22)26(32-28)33(2)3/h4-8,13-16,18-19H,9-12H2,1-3H3,(H,29,35)(H,30,31,32). The molecular formula is C28H30N6O4. The highest BCUT2D eigenvalue weighted by molar-refractivity contribution is 5.92. The minimum atomic E-state index is -0.443. The largest absolute Gasteiger partial charge is 0.451 e. The van der Waals surface area contributed by atoms with Crippen LogP contribution in [0.5, 0.6) is 0 Å². The number of aromatic nitrogens is 2. The molecule has 0 atom stereocenters. The van der Waals surface area contributed by atoms with Gasteiger partial charge in [-0.25, -0.2) is 4.98 Å². The molecular weight excluding hydrogens is 484 g/mol. The maximum Gasteiger partial charge on any atom is 0.287 e. The van der Waals surface area contributed by atoms with Gasteiger partial charge in [0, 0.05) is 37.6 Å². The number of fused-ring (bicyclic) bond motifs is 1. The minimum Gasteiger partial charge on any atom is -0.451 e. The lowest BCUT2D eigenvalue weighted by Gasteiger charge is -2.29. The van der Waals surface area contributed by atoms with Gasteiger partial charge in [0.1, 0.15) is 11.6 Å². The number of nitro groups is 1. The molecule has 2 aromatic carbocycles. The van der Waals surface area contributed by atoms with E-state index in [0.29, 0.717) is 17.3 Å². The molecule has 1 fully saturated rings. The van der Waals surface area contributed by atoms with Crippen molar-refractivity contribution in [3.8, 4) is 11.3 Å². The average Bonchev–Trinajstić information content (AvgIpc) is 3.39. The maximum atomic E-state index is 12.8.